The highest BCUT2D eigenvalue weighted by Crippen LogP contribution is 2.24. The predicted octanol–water partition coefficient (Wildman–Crippen LogP) is 1.68. The predicted molar refractivity (Wildman–Crippen MR) is 118 cm³/mol. The highest BCUT2D eigenvalue weighted by molar-refractivity contribution is 5.66. The van der Waals surface area contributed by atoms with Gasteiger partial charge in [-0.05, 0) is 30.4 Å². The third-order valence-electron chi connectivity index (χ3n) is 4.93. The third-order valence-corrected chi connectivity index (χ3v) is 4.93. The molecule has 1 aromatic heterocycles. The maximum Gasteiger partial charge on any atom is 0.303 e. The molecule has 0 amide bonds. The average Bonchev–Trinajstić information content (AvgIpc) is 3.25. The van der Waals surface area contributed by atoms with Crippen LogP contribution >= 0.6 is 0 Å². The molecule has 1 aliphatic heterocycles. The number of hydrogen-bond acceptors (Lipinski definition) is 10. The van der Waals surface area contributed by atoms with Crippen molar-refractivity contribution in [2.45, 2.75) is 45.3 Å². The van der Waals surface area contributed by atoms with Gasteiger partial charge in [0.15, 0.2) is 6.29 Å². The van der Waals surface area contributed by atoms with E-state index in [0.717, 1.165) is 22.8 Å². The van der Waals surface area contributed by atoms with Crippen LogP contribution in [0, 0.1) is 0 Å². The molecule has 1 aromatic carbocycles. The molecule has 2 heterocycles. The largest absolute Gasteiger partial charge is 0.497 e. The number of methoxy groups -OCH3 is 2. The molecular formula is C23H29N3O8. The van der Waals surface area contributed by atoms with Crippen LogP contribution in [0.3, 0.4) is 0 Å². The topological polar surface area (TPSA) is 120 Å². The van der Waals surface area contributed by atoms with Crippen molar-refractivity contribution in [1.29, 1.82) is 0 Å². The Balaban J connectivity index is 1.53. The molecule has 1 aliphatic rings. The Morgan fingerprint density at radius 1 is 1.12 bits per heavy atom. The molecule has 0 aliphatic carbocycles. The second kappa shape index (κ2) is 12.1. The van der Waals surface area contributed by atoms with Crippen molar-refractivity contribution in [3.05, 3.63) is 47.8 Å². The van der Waals surface area contributed by atoms with Crippen LogP contribution in [0.15, 0.2) is 36.5 Å². The molecule has 34 heavy (non-hydrogen) atoms. The summed E-state index contributed by atoms with van der Waals surface area (Å²) in [5, 5.41) is 8.36. The fourth-order valence-corrected chi connectivity index (χ4v) is 3.34. The van der Waals surface area contributed by atoms with Gasteiger partial charge in [0.25, 0.3) is 0 Å². The zero-order valence-electron chi connectivity index (χ0n) is 19.6. The maximum atomic E-state index is 11.3. The normalized spacial score (nSPS) is 19.5. The summed E-state index contributed by atoms with van der Waals surface area (Å²) >= 11 is 0. The van der Waals surface area contributed by atoms with Crippen molar-refractivity contribution in [2.24, 2.45) is 0 Å². The van der Waals surface area contributed by atoms with Gasteiger partial charge in [0.05, 0.1) is 33.1 Å². The highest BCUT2D eigenvalue weighted by atomic mass is 16.7. The number of hydrogen-bond donors (Lipinski definition) is 0. The summed E-state index contributed by atoms with van der Waals surface area (Å²) in [6.07, 6.45) is 3.66. The number of carbonyl (C=O) groups excluding carboxylic acids is 2. The lowest BCUT2D eigenvalue weighted by atomic mass is 10.1. The van der Waals surface area contributed by atoms with Gasteiger partial charge in [-0.15, -0.1) is 5.10 Å². The van der Waals surface area contributed by atoms with Gasteiger partial charge in [0.2, 0.25) is 0 Å². The van der Waals surface area contributed by atoms with Crippen LogP contribution < -0.4 is 9.47 Å². The average molecular weight is 475 g/mol. The second-order valence-electron chi connectivity index (χ2n) is 7.51. The van der Waals surface area contributed by atoms with Gasteiger partial charge in [-0.3, -0.25) is 9.59 Å². The Morgan fingerprint density at radius 2 is 1.94 bits per heavy atom. The minimum absolute atomic E-state index is 0.0560. The van der Waals surface area contributed by atoms with Gasteiger partial charge in [0, 0.05) is 32.0 Å². The van der Waals surface area contributed by atoms with Gasteiger partial charge >= 0.3 is 11.9 Å². The van der Waals surface area contributed by atoms with Crippen LogP contribution in [0.4, 0.5) is 0 Å². The zero-order valence-corrected chi connectivity index (χ0v) is 19.6. The van der Waals surface area contributed by atoms with E-state index >= 15 is 0 Å². The van der Waals surface area contributed by atoms with Gasteiger partial charge < -0.3 is 28.4 Å². The quantitative estimate of drug-likeness (QED) is 0.351. The number of aromatic nitrogens is 3. The molecule has 0 radical (unpaired) electrons. The van der Waals surface area contributed by atoms with Crippen molar-refractivity contribution in [3.63, 3.8) is 0 Å². The molecule has 3 rings (SSSR count). The Morgan fingerprint density at radius 3 is 2.65 bits per heavy atom. The van der Waals surface area contributed by atoms with Crippen molar-refractivity contribution in [1.82, 2.24) is 15.0 Å². The molecule has 0 fully saturated rings. The molecule has 184 valence electrons. The fourth-order valence-electron chi connectivity index (χ4n) is 3.34. The summed E-state index contributed by atoms with van der Waals surface area (Å²) in [7, 11) is 3.22. The first kappa shape index (κ1) is 25.2. The summed E-state index contributed by atoms with van der Waals surface area (Å²) in [5.41, 5.74) is 1.66. The third kappa shape index (κ3) is 7.29. The smallest absolute Gasteiger partial charge is 0.303 e. The van der Waals surface area contributed by atoms with E-state index < -0.39 is 30.4 Å². The lowest BCUT2D eigenvalue weighted by Gasteiger charge is -2.31. The van der Waals surface area contributed by atoms with Crippen LogP contribution in [0.2, 0.25) is 0 Å². The van der Waals surface area contributed by atoms with Gasteiger partial charge in [-0.25, -0.2) is 4.68 Å². The summed E-state index contributed by atoms with van der Waals surface area (Å²) in [6, 6.07) is 5.57. The van der Waals surface area contributed by atoms with Crippen molar-refractivity contribution < 1.29 is 38.0 Å². The number of carbonyl (C=O) groups is 2. The molecule has 11 heteroatoms. The zero-order chi connectivity index (χ0) is 24.5. The molecule has 2 aromatic rings. The van der Waals surface area contributed by atoms with E-state index in [9.17, 15) is 9.59 Å². The minimum Gasteiger partial charge on any atom is -0.497 e. The molecule has 0 saturated carbocycles. The van der Waals surface area contributed by atoms with Gasteiger partial charge in [0.1, 0.15) is 30.3 Å². The molecule has 0 bridgehead atoms. The molecule has 1 unspecified atom stereocenters. The van der Waals surface area contributed by atoms with E-state index in [1.165, 1.54) is 13.8 Å². The lowest BCUT2D eigenvalue weighted by Crippen LogP contribution is -2.42. The summed E-state index contributed by atoms with van der Waals surface area (Å²) in [4.78, 5) is 22.5. The van der Waals surface area contributed by atoms with E-state index in [-0.39, 0.29) is 6.61 Å². The van der Waals surface area contributed by atoms with E-state index in [1.54, 1.807) is 31.1 Å². The standard InChI is InChI=1S/C23H29N3O8/c1-15(27)32-14-22-21(33-16(2)28)7-8-23(34-22)31-10-9-18-13-26(25-24-18)12-17-11-19(29-3)5-6-20(17)30-4/h5-8,11,13,21-23H,9-10,12,14H2,1-4H3/t21-,22+,23?/m0/s1. The summed E-state index contributed by atoms with van der Waals surface area (Å²) in [5.74, 6) is 0.553. The summed E-state index contributed by atoms with van der Waals surface area (Å²) < 4.78 is 34.2. The Hall–Kier alpha value is -3.44. The van der Waals surface area contributed by atoms with Crippen LogP contribution in [0.5, 0.6) is 11.5 Å². The van der Waals surface area contributed by atoms with Crippen molar-refractivity contribution in [3.8, 4) is 11.5 Å². The van der Waals surface area contributed by atoms with E-state index in [0.29, 0.717) is 19.6 Å². The van der Waals surface area contributed by atoms with E-state index in [2.05, 4.69) is 10.3 Å². The van der Waals surface area contributed by atoms with Crippen LogP contribution in [-0.2, 0) is 41.5 Å². The number of rotatable bonds is 11. The van der Waals surface area contributed by atoms with Gasteiger partial charge in [-0.2, -0.15) is 0 Å². The molecule has 0 spiro atoms. The molecule has 3 atom stereocenters. The Kier molecular flexibility index (Phi) is 9.00. The van der Waals surface area contributed by atoms with Crippen LogP contribution in [-0.4, -0.2) is 72.9 Å². The Bertz CT molecular complexity index is 1010. The summed E-state index contributed by atoms with van der Waals surface area (Å²) in [6.45, 7) is 3.33. The minimum atomic E-state index is -0.677. The van der Waals surface area contributed by atoms with Gasteiger partial charge in [-0.1, -0.05) is 5.21 Å². The first-order valence-corrected chi connectivity index (χ1v) is 10.7. The monoisotopic (exact) mass is 475 g/mol. The van der Waals surface area contributed by atoms with Crippen LogP contribution in [0.1, 0.15) is 25.1 Å². The molecule has 11 nitrogen and oxygen atoms in total. The lowest BCUT2D eigenvalue weighted by molar-refractivity contribution is -0.196. The number of nitrogens with zero attached hydrogens (tertiary/aromatic N) is 3. The number of ether oxygens (including phenoxy) is 6. The number of esters is 2. The highest BCUT2D eigenvalue weighted by Gasteiger charge is 2.31. The molecule has 0 N–H and O–H groups in total. The Labute approximate surface area is 197 Å². The SMILES string of the molecule is COc1ccc(OC)c(Cn2cc(CCOC3C=C[C@H](OC(C)=O)[C@@H](COC(C)=O)O3)nn2)c1. The fraction of sp³-hybridized carbons (Fsp3) is 0.478. The molecule has 0 saturated heterocycles. The van der Waals surface area contributed by atoms with Crippen molar-refractivity contribution in [2.75, 3.05) is 27.4 Å². The van der Waals surface area contributed by atoms with E-state index in [1.807, 2.05) is 24.4 Å². The van der Waals surface area contributed by atoms with Crippen molar-refractivity contribution >= 4 is 11.9 Å². The maximum absolute atomic E-state index is 11.3. The second-order valence-corrected chi connectivity index (χ2v) is 7.51. The first-order chi connectivity index (χ1) is 16.4. The van der Waals surface area contributed by atoms with E-state index in [4.69, 9.17) is 28.4 Å². The van der Waals surface area contributed by atoms with Crippen LogP contribution in [0.25, 0.3) is 0 Å². The first-order valence-electron chi connectivity index (χ1n) is 10.7. The molecular weight excluding hydrogens is 446 g/mol. The number of benzene rings is 1.